The lowest BCUT2D eigenvalue weighted by molar-refractivity contribution is 0.0715. The lowest BCUT2D eigenvalue weighted by Crippen LogP contribution is -2.35. The molecule has 0 radical (unpaired) electrons. The third-order valence-electron chi connectivity index (χ3n) is 5.88. The number of methoxy groups -OCH3 is 1. The Balaban J connectivity index is 1.45. The smallest absolute Gasteiger partial charge is 0.255 e. The number of aromatic nitrogens is 3. The molecule has 1 amide bonds. The van der Waals surface area contributed by atoms with Crippen molar-refractivity contribution in [3.8, 4) is 5.88 Å². The van der Waals surface area contributed by atoms with Gasteiger partial charge >= 0.3 is 0 Å². The normalized spacial score (nSPS) is 23.3. The molecule has 0 saturated carbocycles. The van der Waals surface area contributed by atoms with Crippen LogP contribution in [-0.4, -0.2) is 52.7 Å². The highest BCUT2D eigenvalue weighted by Gasteiger charge is 2.49. The van der Waals surface area contributed by atoms with Gasteiger partial charge in [0.2, 0.25) is 11.0 Å². The van der Waals surface area contributed by atoms with E-state index in [0.717, 1.165) is 24.8 Å². The molecule has 148 valence electrons. The number of hydrogen-bond acceptors (Lipinski definition) is 7. The number of hydrogen-bond donors (Lipinski definition) is 0. The van der Waals surface area contributed by atoms with Gasteiger partial charge in [0, 0.05) is 43.7 Å². The highest BCUT2D eigenvalue weighted by atomic mass is 32.1. The molecule has 5 rings (SSSR count). The predicted octanol–water partition coefficient (Wildman–Crippen LogP) is 2.89. The number of nitrogens with zero attached hydrogens (tertiary/aromatic N) is 5. The van der Waals surface area contributed by atoms with E-state index in [1.165, 1.54) is 5.56 Å². The SMILES string of the molecule is COc1ccc(C(=O)N2C[C@@H]3CN(c4nncs4)C[C@@H]3[C@H]2c2ccccc2)cn1. The minimum absolute atomic E-state index is 0.0193. The van der Waals surface area contributed by atoms with Crippen LogP contribution in [0.5, 0.6) is 5.88 Å². The molecule has 2 saturated heterocycles. The van der Waals surface area contributed by atoms with Crippen molar-refractivity contribution in [2.45, 2.75) is 6.04 Å². The zero-order valence-corrected chi connectivity index (χ0v) is 16.8. The van der Waals surface area contributed by atoms with Crippen LogP contribution in [0.1, 0.15) is 22.0 Å². The van der Waals surface area contributed by atoms with Gasteiger partial charge in [-0.15, -0.1) is 10.2 Å². The van der Waals surface area contributed by atoms with Gasteiger partial charge in [-0.2, -0.15) is 0 Å². The summed E-state index contributed by atoms with van der Waals surface area (Å²) in [6.07, 6.45) is 1.60. The molecule has 0 bridgehead atoms. The Morgan fingerprint density at radius 1 is 1.14 bits per heavy atom. The molecular formula is C21H21N5O2S. The molecule has 2 fully saturated rings. The van der Waals surface area contributed by atoms with E-state index in [2.05, 4.69) is 32.2 Å². The van der Waals surface area contributed by atoms with Crippen LogP contribution in [0.25, 0.3) is 0 Å². The fourth-order valence-corrected chi connectivity index (χ4v) is 5.17. The van der Waals surface area contributed by atoms with E-state index in [1.54, 1.807) is 42.3 Å². The van der Waals surface area contributed by atoms with Gasteiger partial charge in [0.15, 0.2) is 0 Å². The second-order valence-electron chi connectivity index (χ2n) is 7.45. The molecule has 0 N–H and O–H groups in total. The van der Waals surface area contributed by atoms with E-state index in [9.17, 15) is 4.79 Å². The van der Waals surface area contributed by atoms with Gasteiger partial charge in [0.25, 0.3) is 5.91 Å². The quantitative estimate of drug-likeness (QED) is 0.662. The van der Waals surface area contributed by atoms with E-state index < -0.39 is 0 Å². The van der Waals surface area contributed by atoms with Crippen molar-refractivity contribution >= 4 is 22.4 Å². The summed E-state index contributed by atoms with van der Waals surface area (Å²) < 4.78 is 5.12. The fourth-order valence-electron chi connectivity index (χ4n) is 4.59. The van der Waals surface area contributed by atoms with Gasteiger partial charge in [0.1, 0.15) is 5.51 Å². The maximum atomic E-state index is 13.4. The summed E-state index contributed by atoms with van der Waals surface area (Å²) in [4.78, 5) is 21.9. The average molecular weight is 407 g/mol. The summed E-state index contributed by atoms with van der Waals surface area (Å²) in [5, 5.41) is 9.18. The maximum absolute atomic E-state index is 13.4. The molecule has 8 heteroatoms. The van der Waals surface area contributed by atoms with Crippen LogP contribution in [0.2, 0.25) is 0 Å². The summed E-state index contributed by atoms with van der Waals surface area (Å²) in [6, 6.07) is 13.9. The minimum Gasteiger partial charge on any atom is -0.481 e. The van der Waals surface area contributed by atoms with Gasteiger partial charge in [-0.3, -0.25) is 4.79 Å². The second kappa shape index (κ2) is 7.44. The molecule has 0 aliphatic carbocycles. The number of likely N-dealkylation sites (tertiary alicyclic amines) is 1. The van der Waals surface area contributed by atoms with Crippen LogP contribution >= 0.6 is 11.3 Å². The number of pyridine rings is 1. The minimum atomic E-state index is 0.0193. The number of benzene rings is 1. The first-order chi connectivity index (χ1) is 14.2. The van der Waals surface area contributed by atoms with E-state index in [4.69, 9.17) is 4.74 Å². The molecule has 0 spiro atoms. The number of rotatable bonds is 4. The third kappa shape index (κ3) is 3.23. The van der Waals surface area contributed by atoms with Gasteiger partial charge < -0.3 is 14.5 Å². The topological polar surface area (TPSA) is 71.5 Å². The van der Waals surface area contributed by atoms with E-state index >= 15 is 0 Å². The molecule has 2 aromatic heterocycles. The van der Waals surface area contributed by atoms with Crippen LogP contribution in [0.15, 0.2) is 54.2 Å². The standard InChI is InChI=1S/C21H21N5O2S/c1-28-18-8-7-15(9-22-18)20(27)26-11-16-10-25(21-24-23-13-29-21)12-17(16)19(26)14-5-3-2-4-6-14/h2-9,13,16-17,19H,10-12H2,1H3/t16-,17-,19+/m0/s1. The Kier molecular flexibility index (Phi) is 4.63. The monoisotopic (exact) mass is 407 g/mol. The first-order valence-corrected chi connectivity index (χ1v) is 10.5. The van der Waals surface area contributed by atoms with Gasteiger partial charge in [-0.05, 0) is 11.6 Å². The largest absolute Gasteiger partial charge is 0.481 e. The number of carbonyl (C=O) groups excluding carboxylic acids is 1. The molecule has 0 unspecified atom stereocenters. The number of fused-ring (bicyclic) bond motifs is 1. The maximum Gasteiger partial charge on any atom is 0.255 e. The van der Waals surface area contributed by atoms with Crippen LogP contribution in [0.4, 0.5) is 5.13 Å². The summed E-state index contributed by atoms with van der Waals surface area (Å²) >= 11 is 1.57. The zero-order chi connectivity index (χ0) is 19.8. The number of ether oxygens (including phenoxy) is 1. The fraction of sp³-hybridized carbons (Fsp3) is 0.333. The van der Waals surface area contributed by atoms with Gasteiger partial charge in [-0.1, -0.05) is 41.7 Å². The third-order valence-corrected chi connectivity index (χ3v) is 6.63. The highest BCUT2D eigenvalue weighted by Crippen LogP contribution is 2.46. The van der Waals surface area contributed by atoms with E-state index in [-0.39, 0.29) is 11.9 Å². The van der Waals surface area contributed by atoms with Crippen LogP contribution in [0.3, 0.4) is 0 Å². The van der Waals surface area contributed by atoms with Crippen molar-refractivity contribution in [1.82, 2.24) is 20.1 Å². The Morgan fingerprint density at radius 2 is 2.00 bits per heavy atom. The van der Waals surface area contributed by atoms with Crippen LogP contribution in [0, 0.1) is 11.8 Å². The van der Waals surface area contributed by atoms with E-state index in [1.807, 2.05) is 23.1 Å². The molecule has 29 heavy (non-hydrogen) atoms. The Labute approximate surface area is 173 Å². The Hall–Kier alpha value is -3.00. The highest BCUT2D eigenvalue weighted by molar-refractivity contribution is 7.13. The summed E-state index contributed by atoms with van der Waals surface area (Å²) in [5.74, 6) is 1.29. The van der Waals surface area contributed by atoms with Crippen molar-refractivity contribution < 1.29 is 9.53 Å². The van der Waals surface area contributed by atoms with E-state index in [0.29, 0.717) is 23.3 Å². The lowest BCUT2D eigenvalue weighted by atomic mass is 9.89. The average Bonchev–Trinajstić information content (AvgIpc) is 3.49. The first-order valence-electron chi connectivity index (χ1n) is 9.61. The molecule has 4 heterocycles. The van der Waals surface area contributed by atoms with Gasteiger partial charge in [-0.25, -0.2) is 4.98 Å². The van der Waals surface area contributed by atoms with Crippen molar-refractivity contribution in [2.75, 3.05) is 31.6 Å². The molecule has 2 aliphatic rings. The molecule has 3 atom stereocenters. The van der Waals surface area contributed by atoms with Crippen molar-refractivity contribution in [3.05, 3.63) is 65.3 Å². The molecule has 3 aromatic rings. The Bertz CT molecular complexity index is 980. The summed E-state index contributed by atoms with van der Waals surface area (Å²) in [5.41, 5.74) is 3.53. The first kappa shape index (κ1) is 18.1. The van der Waals surface area contributed by atoms with Crippen molar-refractivity contribution in [3.63, 3.8) is 0 Å². The van der Waals surface area contributed by atoms with Gasteiger partial charge in [0.05, 0.1) is 18.7 Å². The second-order valence-corrected chi connectivity index (χ2v) is 8.26. The summed E-state index contributed by atoms with van der Waals surface area (Å²) in [7, 11) is 1.57. The lowest BCUT2D eigenvalue weighted by Gasteiger charge is -2.30. The van der Waals surface area contributed by atoms with Crippen LogP contribution in [-0.2, 0) is 0 Å². The number of carbonyl (C=O) groups is 1. The van der Waals surface area contributed by atoms with Crippen molar-refractivity contribution in [1.29, 1.82) is 0 Å². The molecule has 1 aromatic carbocycles. The molecule has 7 nitrogen and oxygen atoms in total. The Morgan fingerprint density at radius 3 is 2.69 bits per heavy atom. The van der Waals surface area contributed by atoms with Crippen LogP contribution < -0.4 is 9.64 Å². The number of anilines is 1. The molecular weight excluding hydrogens is 386 g/mol. The number of amides is 1. The molecule has 2 aliphatic heterocycles. The zero-order valence-electron chi connectivity index (χ0n) is 16.0. The predicted molar refractivity (Wildman–Crippen MR) is 110 cm³/mol. The summed E-state index contributed by atoms with van der Waals surface area (Å²) in [6.45, 7) is 2.50. The van der Waals surface area contributed by atoms with Crippen molar-refractivity contribution in [2.24, 2.45) is 11.8 Å².